The molecule has 1 fully saturated rings. The van der Waals surface area contributed by atoms with Crippen LogP contribution in [0.2, 0.25) is 0 Å². The van der Waals surface area contributed by atoms with Crippen molar-refractivity contribution in [3.05, 3.63) is 64.7 Å². The topological polar surface area (TPSA) is 26.7 Å². The van der Waals surface area contributed by atoms with Crippen molar-refractivity contribution in [3.8, 4) is 5.75 Å². The maximum Gasteiger partial charge on any atom is 0.120 e. The molecule has 1 N–H and O–H groups in total. The zero-order valence-corrected chi connectivity index (χ0v) is 16.3. The van der Waals surface area contributed by atoms with Crippen LogP contribution in [-0.2, 0) is 24.8 Å². The summed E-state index contributed by atoms with van der Waals surface area (Å²) in [5, 5.41) is 10.1. The van der Waals surface area contributed by atoms with Crippen LogP contribution in [0.5, 0.6) is 5.75 Å². The number of rotatable bonds is 2. The second kappa shape index (κ2) is 6.65. The van der Waals surface area contributed by atoms with Gasteiger partial charge in [-0.1, -0.05) is 36.4 Å². The summed E-state index contributed by atoms with van der Waals surface area (Å²) < 4.78 is 0. The van der Waals surface area contributed by atoms with Gasteiger partial charge in [0.1, 0.15) is 5.75 Å². The summed E-state index contributed by atoms with van der Waals surface area (Å²) in [6.45, 7) is 4.43. The number of fused-ring (bicyclic) bond motifs is 3. The fraction of sp³-hybridized carbons (Fsp3) is 0.500. The summed E-state index contributed by atoms with van der Waals surface area (Å²) in [7, 11) is 2.21. The largest absolute Gasteiger partial charge is 0.508 e. The molecule has 3 aliphatic rings. The number of nitrogens with zero attached hydrogens (tertiary/aromatic N) is 2. The summed E-state index contributed by atoms with van der Waals surface area (Å²) in [6.07, 6.45) is 6.26. The van der Waals surface area contributed by atoms with Crippen LogP contribution >= 0.6 is 0 Å². The third-order valence-corrected chi connectivity index (χ3v) is 7.48. The number of phenolic OH excluding ortho intramolecular Hbond substituents is 1. The molecule has 0 saturated carbocycles. The first kappa shape index (κ1) is 17.3. The zero-order chi connectivity index (χ0) is 18.4. The highest BCUT2D eigenvalue weighted by Crippen LogP contribution is 2.46. The fourth-order valence-corrected chi connectivity index (χ4v) is 5.73. The number of hydrogen-bond donors (Lipinski definition) is 1. The average Bonchev–Trinajstić information content (AvgIpc) is 3.04. The molecule has 1 unspecified atom stereocenters. The van der Waals surface area contributed by atoms with Crippen molar-refractivity contribution < 1.29 is 5.11 Å². The monoisotopic (exact) mass is 362 g/mol. The summed E-state index contributed by atoms with van der Waals surface area (Å²) >= 11 is 0. The lowest BCUT2D eigenvalue weighted by atomic mass is 9.74. The molecule has 1 atom stereocenters. The minimum atomic E-state index is 0.448. The number of likely N-dealkylation sites (N-methyl/N-ethyl adjacent to an activating group) is 1. The van der Waals surface area contributed by atoms with E-state index in [1.165, 1.54) is 44.3 Å². The van der Waals surface area contributed by atoms with Crippen LogP contribution in [0.15, 0.2) is 42.5 Å². The Kier molecular flexibility index (Phi) is 4.25. The predicted molar refractivity (Wildman–Crippen MR) is 109 cm³/mol. The molecule has 2 aromatic rings. The number of hydrogen-bond acceptors (Lipinski definition) is 3. The van der Waals surface area contributed by atoms with E-state index in [-0.39, 0.29) is 0 Å². The molecule has 5 rings (SSSR count). The van der Waals surface area contributed by atoms with E-state index in [9.17, 15) is 5.11 Å². The highest BCUT2D eigenvalue weighted by Gasteiger charge is 2.41. The number of aryl methyl sites for hydroxylation is 1. The summed E-state index contributed by atoms with van der Waals surface area (Å²) in [5.41, 5.74) is 6.13. The number of likely N-dealkylation sites (tertiary alicyclic amines) is 1. The normalized spacial score (nSPS) is 24.7. The second-order valence-corrected chi connectivity index (χ2v) is 8.93. The van der Waals surface area contributed by atoms with Gasteiger partial charge < -0.3 is 10.0 Å². The van der Waals surface area contributed by atoms with Gasteiger partial charge in [-0.3, -0.25) is 4.90 Å². The highest BCUT2D eigenvalue weighted by atomic mass is 16.3. The zero-order valence-electron chi connectivity index (χ0n) is 16.3. The first-order chi connectivity index (χ1) is 13.1. The molecule has 142 valence electrons. The third-order valence-electron chi connectivity index (χ3n) is 7.48. The number of aromatic hydroxyl groups is 1. The smallest absolute Gasteiger partial charge is 0.120 e. The van der Waals surface area contributed by atoms with E-state index >= 15 is 0 Å². The van der Waals surface area contributed by atoms with Gasteiger partial charge in [0.15, 0.2) is 0 Å². The van der Waals surface area contributed by atoms with Gasteiger partial charge in [-0.05, 0) is 80.4 Å². The molecule has 0 aromatic heterocycles. The number of benzene rings is 2. The van der Waals surface area contributed by atoms with E-state index in [0.717, 1.165) is 25.1 Å². The predicted octanol–water partition coefficient (Wildman–Crippen LogP) is 3.73. The van der Waals surface area contributed by atoms with Crippen LogP contribution < -0.4 is 0 Å². The van der Waals surface area contributed by atoms with Gasteiger partial charge >= 0.3 is 0 Å². The van der Waals surface area contributed by atoms with Gasteiger partial charge in [0.25, 0.3) is 0 Å². The van der Waals surface area contributed by atoms with Crippen LogP contribution in [0, 0.1) is 0 Å². The van der Waals surface area contributed by atoms with E-state index < -0.39 is 0 Å². The van der Waals surface area contributed by atoms with Gasteiger partial charge in [0, 0.05) is 24.7 Å². The first-order valence-electron chi connectivity index (χ1n) is 10.5. The molecule has 1 spiro atoms. The first-order valence-corrected chi connectivity index (χ1v) is 10.5. The van der Waals surface area contributed by atoms with E-state index in [2.05, 4.69) is 47.2 Å². The van der Waals surface area contributed by atoms with Crippen molar-refractivity contribution in [2.24, 2.45) is 0 Å². The number of piperidine rings is 1. The SMILES string of the molecule is CN1Cc2c(O)cccc2CC1CN1CCC2(CCc3ccccc32)CC1. The van der Waals surface area contributed by atoms with Crippen molar-refractivity contribution in [2.45, 2.75) is 50.1 Å². The molecular formula is C24H30N2O. The quantitative estimate of drug-likeness (QED) is 0.882. The molecular weight excluding hydrogens is 332 g/mol. The lowest BCUT2D eigenvalue weighted by molar-refractivity contribution is 0.104. The Labute approximate surface area is 162 Å². The molecule has 0 bridgehead atoms. The summed E-state index contributed by atoms with van der Waals surface area (Å²) in [5.74, 6) is 0.456. The van der Waals surface area contributed by atoms with Gasteiger partial charge in [-0.15, -0.1) is 0 Å². The van der Waals surface area contributed by atoms with Gasteiger partial charge in [-0.25, -0.2) is 0 Å². The molecule has 3 nitrogen and oxygen atoms in total. The molecule has 1 saturated heterocycles. The Bertz CT molecular complexity index is 838. The summed E-state index contributed by atoms with van der Waals surface area (Å²) in [6, 6.07) is 15.7. The third kappa shape index (κ3) is 2.97. The van der Waals surface area contributed by atoms with Crippen molar-refractivity contribution >= 4 is 0 Å². The maximum atomic E-state index is 10.1. The minimum Gasteiger partial charge on any atom is -0.508 e. The van der Waals surface area contributed by atoms with E-state index in [4.69, 9.17) is 0 Å². The van der Waals surface area contributed by atoms with Gasteiger partial charge in [0.2, 0.25) is 0 Å². The molecule has 0 radical (unpaired) electrons. The molecule has 2 aliphatic heterocycles. The van der Waals surface area contributed by atoms with Crippen LogP contribution in [0.25, 0.3) is 0 Å². The highest BCUT2D eigenvalue weighted by molar-refractivity contribution is 5.41. The van der Waals surface area contributed by atoms with Gasteiger partial charge in [0.05, 0.1) is 0 Å². The molecule has 27 heavy (non-hydrogen) atoms. The van der Waals surface area contributed by atoms with Crippen molar-refractivity contribution in [1.82, 2.24) is 9.80 Å². The lowest BCUT2D eigenvalue weighted by Crippen LogP contribution is -2.49. The van der Waals surface area contributed by atoms with Crippen molar-refractivity contribution in [3.63, 3.8) is 0 Å². The van der Waals surface area contributed by atoms with E-state index in [0.29, 0.717) is 17.2 Å². The maximum absolute atomic E-state index is 10.1. The molecule has 3 heteroatoms. The van der Waals surface area contributed by atoms with E-state index in [1.807, 2.05) is 12.1 Å². The van der Waals surface area contributed by atoms with Crippen LogP contribution in [0.1, 0.15) is 41.5 Å². The second-order valence-electron chi connectivity index (χ2n) is 8.93. The van der Waals surface area contributed by atoms with Crippen LogP contribution in [-0.4, -0.2) is 47.6 Å². The molecule has 1 aliphatic carbocycles. The lowest BCUT2D eigenvalue weighted by Gasteiger charge is -2.43. The Hall–Kier alpha value is -1.84. The Balaban J connectivity index is 1.25. The Morgan fingerprint density at radius 2 is 1.78 bits per heavy atom. The van der Waals surface area contributed by atoms with Crippen LogP contribution in [0.3, 0.4) is 0 Å². The molecule has 2 heterocycles. The van der Waals surface area contributed by atoms with Crippen molar-refractivity contribution in [1.29, 1.82) is 0 Å². The van der Waals surface area contributed by atoms with Gasteiger partial charge in [-0.2, -0.15) is 0 Å². The summed E-state index contributed by atoms with van der Waals surface area (Å²) in [4.78, 5) is 5.11. The van der Waals surface area contributed by atoms with Crippen LogP contribution in [0.4, 0.5) is 0 Å². The minimum absolute atomic E-state index is 0.448. The average molecular weight is 363 g/mol. The molecule has 2 aromatic carbocycles. The number of phenols is 1. The standard InChI is InChI=1S/C24H30N2O/c1-25-17-21-19(6-4-8-23(21)27)15-20(25)16-26-13-11-24(12-14-26)10-9-18-5-2-3-7-22(18)24/h2-8,20,27H,9-17H2,1H3. The Morgan fingerprint density at radius 3 is 2.63 bits per heavy atom. The van der Waals surface area contributed by atoms with E-state index in [1.54, 1.807) is 11.1 Å². The molecule has 0 amide bonds. The van der Waals surface area contributed by atoms with Crippen molar-refractivity contribution in [2.75, 3.05) is 26.7 Å². The Morgan fingerprint density at radius 1 is 1.00 bits per heavy atom. The fourth-order valence-electron chi connectivity index (χ4n) is 5.73.